The SMILES string of the molecule is O=S1(=O)CCC(C(Cl)c2cccc(Br)c2)C1. The van der Waals surface area contributed by atoms with E-state index in [1.165, 1.54) is 0 Å². The molecule has 5 heteroatoms. The average molecular weight is 324 g/mol. The molecule has 1 aromatic rings. The number of benzene rings is 1. The van der Waals surface area contributed by atoms with E-state index in [9.17, 15) is 8.42 Å². The molecule has 1 fully saturated rings. The molecule has 88 valence electrons. The summed E-state index contributed by atoms with van der Waals surface area (Å²) in [5.74, 6) is 0.531. The van der Waals surface area contributed by atoms with Gasteiger partial charge in [-0.25, -0.2) is 8.42 Å². The minimum atomic E-state index is -2.85. The first-order valence-corrected chi connectivity index (χ1v) is 8.13. The summed E-state index contributed by atoms with van der Waals surface area (Å²) in [5.41, 5.74) is 0.984. The number of halogens is 2. The van der Waals surface area contributed by atoms with Gasteiger partial charge in [0.1, 0.15) is 0 Å². The molecule has 1 heterocycles. The third-order valence-electron chi connectivity index (χ3n) is 2.85. The zero-order valence-electron chi connectivity index (χ0n) is 8.57. The lowest BCUT2D eigenvalue weighted by Crippen LogP contribution is -2.10. The van der Waals surface area contributed by atoms with Crippen LogP contribution in [0.1, 0.15) is 17.4 Å². The largest absolute Gasteiger partial charge is 0.229 e. The molecule has 0 bridgehead atoms. The maximum absolute atomic E-state index is 11.4. The third kappa shape index (κ3) is 2.79. The summed E-state index contributed by atoms with van der Waals surface area (Å²) in [4.78, 5) is 0. The Bertz CT molecular complexity index is 487. The van der Waals surface area contributed by atoms with Gasteiger partial charge in [0.15, 0.2) is 9.84 Å². The van der Waals surface area contributed by atoms with E-state index in [-0.39, 0.29) is 22.8 Å². The van der Waals surface area contributed by atoms with Crippen molar-refractivity contribution in [3.05, 3.63) is 34.3 Å². The highest BCUT2D eigenvalue weighted by Gasteiger charge is 2.33. The van der Waals surface area contributed by atoms with E-state index >= 15 is 0 Å². The standard InChI is InChI=1S/C11H12BrClO2S/c12-10-3-1-2-8(6-10)11(13)9-4-5-16(14,15)7-9/h1-3,6,9,11H,4-5,7H2. The Labute approximate surface area is 109 Å². The third-order valence-corrected chi connectivity index (χ3v) is 5.74. The summed E-state index contributed by atoms with van der Waals surface area (Å²) in [6.07, 6.45) is 0.670. The van der Waals surface area contributed by atoms with Crippen LogP contribution in [0.3, 0.4) is 0 Å². The smallest absolute Gasteiger partial charge is 0.150 e. The van der Waals surface area contributed by atoms with Crippen LogP contribution < -0.4 is 0 Å². The van der Waals surface area contributed by atoms with Crippen LogP contribution in [0.5, 0.6) is 0 Å². The average Bonchev–Trinajstić information content (AvgIpc) is 2.58. The van der Waals surface area contributed by atoms with Gasteiger partial charge in [-0.15, -0.1) is 11.6 Å². The van der Waals surface area contributed by atoms with E-state index in [2.05, 4.69) is 15.9 Å². The second kappa shape index (κ2) is 4.67. The van der Waals surface area contributed by atoms with E-state index < -0.39 is 9.84 Å². The van der Waals surface area contributed by atoms with E-state index in [1.807, 2.05) is 24.3 Å². The van der Waals surface area contributed by atoms with Gasteiger partial charge in [0.2, 0.25) is 0 Å². The molecular weight excluding hydrogens is 312 g/mol. The van der Waals surface area contributed by atoms with Crippen LogP contribution in [0.2, 0.25) is 0 Å². The fourth-order valence-corrected chi connectivity index (χ4v) is 4.72. The predicted octanol–water partition coefficient (Wildman–Crippen LogP) is 3.16. The first kappa shape index (κ1) is 12.4. The molecule has 0 N–H and O–H groups in total. The van der Waals surface area contributed by atoms with Crippen molar-refractivity contribution in [2.75, 3.05) is 11.5 Å². The molecule has 1 aliphatic rings. The van der Waals surface area contributed by atoms with Crippen LogP contribution in [0.25, 0.3) is 0 Å². The monoisotopic (exact) mass is 322 g/mol. The second-order valence-electron chi connectivity index (χ2n) is 4.12. The molecule has 2 unspecified atom stereocenters. The van der Waals surface area contributed by atoms with Crippen LogP contribution in [0.15, 0.2) is 28.7 Å². The van der Waals surface area contributed by atoms with Crippen molar-refractivity contribution in [1.82, 2.24) is 0 Å². The lowest BCUT2D eigenvalue weighted by atomic mass is 9.98. The minimum Gasteiger partial charge on any atom is -0.229 e. The van der Waals surface area contributed by atoms with Crippen LogP contribution in [0.4, 0.5) is 0 Å². The maximum Gasteiger partial charge on any atom is 0.150 e. The maximum atomic E-state index is 11.4. The molecule has 1 saturated heterocycles. The van der Waals surface area contributed by atoms with E-state index in [1.54, 1.807) is 0 Å². The second-order valence-corrected chi connectivity index (χ2v) is 7.73. The van der Waals surface area contributed by atoms with Gasteiger partial charge in [0.05, 0.1) is 16.9 Å². The number of alkyl halides is 1. The van der Waals surface area contributed by atoms with Gasteiger partial charge in [-0.05, 0) is 30.0 Å². The minimum absolute atomic E-state index is 0.0426. The Kier molecular flexibility index (Phi) is 3.62. The Balaban J connectivity index is 2.17. The van der Waals surface area contributed by atoms with Crippen molar-refractivity contribution in [3.63, 3.8) is 0 Å². The first-order chi connectivity index (χ1) is 7.48. The topological polar surface area (TPSA) is 34.1 Å². The summed E-state index contributed by atoms with van der Waals surface area (Å²) in [5, 5.41) is -0.213. The number of hydrogen-bond donors (Lipinski definition) is 0. The Morgan fingerprint density at radius 2 is 2.19 bits per heavy atom. The summed E-state index contributed by atoms with van der Waals surface area (Å²) in [7, 11) is -2.85. The summed E-state index contributed by atoms with van der Waals surface area (Å²) < 4.78 is 23.7. The highest BCUT2D eigenvalue weighted by Crippen LogP contribution is 2.36. The molecule has 0 amide bonds. The van der Waals surface area contributed by atoms with Gasteiger partial charge in [0, 0.05) is 4.47 Å². The van der Waals surface area contributed by atoms with Gasteiger partial charge in [-0.2, -0.15) is 0 Å². The molecule has 16 heavy (non-hydrogen) atoms. The van der Waals surface area contributed by atoms with E-state index in [0.717, 1.165) is 10.0 Å². The summed E-state index contributed by atoms with van der Waals surface area (Å²) in [6.45, 7) is 0. The zero-order chi connectivity index (χ0) is 11.8. The summed E-state index contributed by atoms with van der Waals surface area (Å²) >= 11 is 9.71. The van der Waals surface area contributed by atoms with Crippen molar-refractivity contribution < 1.29 is 8.42 Å². The molecule has 1 aliphatic heterocycles. The van der Waals surface area contributed by atoms with E-state index in [4.69, 9.17) is 11.6 Å². The molecule has 0 aromatic heterocycles. The Morgan fingerprint density at radius 1 is 1.44 bits per heavy atom. The van der Waals surface area contributed by atoms with Gasteiger partial charge in [0.25, 0.3) is 0 Å². The highest BCUT2D eigenvalue weighted by molar-refractivity contribution is 9.10. The van der Waals surface area contributed by atoms with Crippen molar-refractivity contribution in [2.24, 2.45) is 5.92 Å². The highest BCUT2D eigenvalue weighted by atomic mass is 79.9. The van der Waals surface area contributed by atoms with Gasteiger partial charge in [-0.1, -0.05) is 28.1 Å². The molecule has 0 spiro atoms. The number of sulfone groups is 1. The van der Waals surface area contributed by atoms with Crippen molar-refractivity contribution in [1.29, 1.82) is 0 Å². The normalized spacial score (nSPS) is 25.5. The van der Waals surface area contributed by atoms with Crippen molar-refractivity contribution >= 4 is 37.4 Å². The number of hydrogen-bond acceptors (Lipinski definition) is 2. The molecule has 2 atom stereocenters. The quantitative estimate of drug-likeness (QED) is 0.784. The lowest BCUT2D eigenvalue weighted by molar-refractivity contribution is 0.569. The van der Waals surface area contributed by atoms with Crippen LogP contribution >= 0.6 is 27.5 Å². The molecule has 0 radical (unpaired) electrons. The molecular formula is C11H12BrClO2S. The molecule has 0 saturated carbocycles. The van der Waals surface area contributed by atoms with Crippen LogP contribution in [-0.4, -0.2) is 19.9 Å². The Hall–Kier alpha value is -0.0600. The molecule has 1 aromatic carbocycles. The van der Waals surface area contributed by atoms with Crippen LogP contribution in [-0.2, 0) is 9.84 Å². The van der Waals surface area contributed by atoms with Gasteiger partial charge in [-0.3, -0.25) is 0 Å². The van der Waals surface area contributed by atoms with E-state index in [0.29, 0.717) is 6.42 Å². The molecule has 0 aliphatic carbocycles. The molecule has 2 nitrogen and oxygen atoms in total. The Morgan fingerprint density at radius 3 is 2.75 bits per heavy atom. The van der Waals surface area contributed by atoms with Crippen molar-refractivity contribution in [2.45, 2.75) is 11.8 Å². The number of rotatable bonds is 2. The summed E-state index contributed by atoms with van der Waals surface area (Å²) in [6, 6.07) is 7.73. The molecule has 2 rings (SSSR count). The van der Waals surface area contributed by atoms with Gasteiger partial charge >= 0.3 is 0 Å². The van der Waals surface area contributed by atoms with Crippen LogP contribution in [0, 0.1) is 5.92 Å². The fourth-order valence-electron chi connectivity index (χ4n) is 2.00. The fraction of sp³-hybridized carbons (Fsp3) is 0.455. The zero-order valence-corrected chi connectivity index (χ0v) is 11.7. The van der Waals surface area contributed by atoms with Crippen molar-refractivity contribution in [3.8, 4) is 0 Å². The first-order valence-electron chi connectivity index (χ1n) is 5.08. The predicted molar refractivity (Wildman–Crippen MR) is 69.5 cm³/mol. The lowest BCUT2D eigenvalue weighted by Gasteiger charge is -2.16. The van der Waals surface area contributed by atoms with Gasteiger partial charge < -0.3 is 0 Å².